The molecule has 0 aromatic heterocycles. The number of hydrogen-bond donors (Lipinski definition) is 3. The van der Waals surface area contributed by atoms with Crippen LogP contribution in [0.4, 0.5) is 5.69 Å². The van der Waals surface area contributed by atoms with Gasteiger partial charge in [0.1, 0.15) is 6.04 Å². The van der Waals surface area contributed by atoms with Gasteiger partial charge in [0.05, 0.1) is 29.2 Å². The minimum atomic E-state index is -0.755. The van der Waals surface area contributed by atoms with Crippen molar-refractivity contribution < 1.29 is 19.5 Å². The number of carbonyl (C=O) groups is 3. The van der Waals surface area contributed by atoms with Gasteiger partial charge in [0.2, 0.25) is 17.7 Å². The molecule has 1 spiro atoms. The molecule has 4 rings (SSSR count). The Morgan fingerprint density at radius 1 is 1.20 bits per heavy atom. The molecule has 2 bridgehead atoms. The zero-order valence-electron chi connectivity index (χ0n) is 21.7. The summed E-state index contributed by atoms with van der Waals surface area (Å²) in [6.45, 7) is 12.2. The van der Waals surface area contributed by atoms with Crippen molar-refractivity contribution in [3.8, 4) is 0 Å². The Bertz CT molecular complexity index is 1010. The highest BCUT2D eigenvalue weighted by atomic mass is 32.2. The Hall–Kier alpha value is -2.06. The molecule has 1 aromatic carbocycles. The molecule has 192 valence electrons. The van der Waals surface area contributed by atoms with Crippen LogP contribution in [-0.2, 0) is 14.4 Å². The second-order valence-electron chi connectivity index (χ2n) is 11.0. The monoisotopic (exact) mass is 501 g/mol. The number of anilines is 1. The van der Waals surface area contributed by atoms with E-state index in [1.807, 2.05) is 52.8 Å². The minimum absolute atomic E-state index is 0.0418. The fourth-order valence-electron chi connectivity index (χ4n) is 6.60. The molecule has 35 heavy (non-hydrogen) atoms. The molecule has 7 nitrogen and oxygen atoms in total. The van der Waals surface area contributed by atoms with E-state index in [9.17, 15) is 19.5 Å². The number of rotatable bonds is 8. The molecule has 3 aliphatic heterocycles. The van der Waals surface area contributed by atoms with Gasteiger partial charge in [-0.1, -0.05) is 39.0 Å². The maximum Gasteiger partial charge on any atom is 0.248 e. The molecule has 0 radical (unpaired) electrons. The van der Waals surface area contributed by atoms with Crippen molar-refractivity contribution in [2.24, 2.45) is 17.8 Å². The number of nitrogens with zero attached hydrogens (tertiary/aromatic N) is 1. The van der Waals surface area contributed by atoms with Crippen molar-refractivity contribution in [3.05, 3.63) is 29.3 Å². The first-order valence-corrected chi connectivity index (χ1v) is 13.6. The average Bonchev–Trinajstić information content (AvgIpc) is 3.36. The van der Waals surface area contributed by atoms with Crippen LogP contribution in [0.3, 0.4) is 0 Å². The molecule has 3 saturated heterocycles. The fourth-order valence-corrected chi connectivity index (χ4v) is 8.95. The summed E-state index contributed by atoms with van der Waals surface area (Å²) in [5.74, 6) is -1.62. The summed E-state index contributed by atoms with van der Waals surface area (Å²) >= 11 is 1.66. The molecule has 0 aliphatic carbocycles. The van der Waals surface area contributed by atoms with E-state index in [4.69, 9.17) is 0 Å². The number of amides is 3. The van der Waals surface area contributed by atoms with E-state index < -0.39 is 33.4 Å². The lowest BCUT2D eigenvalue weighted by molar-refractivity contribution is -0.143. The molecular formula is C27H39N3O4S. The first-order valence-electron chi connectivity index (χ1n) is 12.8. The lowest BCUT2D eigenvalue weighted by atomic mass is 9.66. The zero-order chi connectivity index (χ0) is 25.7. The number of benzene rings is 1. The van der Waals surface area contributed by atoms with Gasteiger partial charge in [-0.3, -0.25) is 14.4 Å². The molecule has 3 amide bonds. The smallest absolute Gasteiger partial charge is 0.248 e. The van der Waals surface area contributed by atoms with Gasteiger partial charge in [-0.2, -0.15) is 0 Å². The molecule has 1 aromatic rings. The number of aliphatic hydroxyl groups is 1. The molecule has 3 fully saturated rings. The number of para-hydroxylation sites is 1. The molecular weight excluding hydrogens is 462 g/mol. The van der Waals surface area contributed by atoms with E-state index in [-0.39, 0.29) is 30.2 Å². The Balaban J connectivity index is 1.79. The van der Waals surface area contributed by atoms with Crippen LogP contribution in [0, 0.1) is 31.6 Å². The standard InChI is InChI=1S/C27H39N3O4S/c1-7-13-28-23(32)19-20-25(34)30(18(14-31)15(2)3)22(27(20)12-11-26(19,6)35-27)24(33)29-21-16(4)9-8-10-17(21)5/h8-10,15,18-20,22,31H,7,11-14H2,1-6H3,(H,28,32)(H,29,33)/t18-,19-,20-,22?,26+,27?/m0/s1. The Kier molecular flexibility index (Phi) is 7.01. The van der Waals surface area contributed by atoms with Crippen LogP contribution >= 0.6 is 11.8 Å². The van der Waals surface area contributed by atoms with E-state index in [2.05, 4.69) is 17.6 Å². The lowest BCUT2D eigenvalue weighted by Gasteiger charge is -2.38. The van der Waals surface area contributed by atoms with Gasteiger partial charge in [0.15, 0.2) is 0 Å². The van der Waals surface area contributed by atoms with Crippen LogP contribution in [0.1, 0.15) is 58.1 Å². The largest absolute Gasteiger partial charge is 0.394 e. The van der Waals surface area contributed by atoms with Crippen molar-refractivity contribution in [3.63, 3.8) is 0 Å². The SMILES string of the molecule is CCCNC(=O)[C@@H]1[C@H]2C(=O)N([C@@H](CO)C(C)C)C(C(=O)Nc3c(C)cccc3C)C23CC[C@@]1(C)S3. The number of hydrogen-bond acceptors (Lipinski definition) is 5. The number of aliphatic hydroxyl groups excluding tert-OH is 1. The van der Waals surface area contributed by atoms with Crippen LogP contribution in [0.5, 0.6) is 0 Å². The molecule has 2 unspecified atom stereocenters. The summed E-state index contributed by atoms with van der Waals surface area (Å²) < 4.78 is -1.09. The van der Waals surface area contributed by atoms with Crippen LogP contribution in [0.15, 0.2) is 18.2 Å². The van der Waals surface area contributed by atoms with Crippen LogP contribution in [0.2, 0.25) is 0 Å². The van der Waals surface area contributed by atoms with E-state index in [0.29, 0.717) is 13.0 Å². The summed E-state index contributed by atoms with van der Waals surface area (Å²) in [5, 5.41) is 16.5. The van der Waals surface area contributed by atoms with E-state index in [0.717, 1.165) is 29.7 Å². The minimum Gasteiger partial charge on any atom is -0.394 e. The van der Waals surface area contributed by atoms with Gasteiger partial charge >= 0.3 is 0 Å². The van der Waals surface area contributed by atoms with E-state index >= 15 is 0 Å². The van der Waals surface area contributed by atoms with Crippen molar-refractivity contribution >= 4 is 35.2 Å². The molecule has 3 aliphatic rings. The second kappa shape index (κ2) is 9.43. The highest BCUT2D eigenvalue weighted by molar-refractivity contribution is 8.02. The third-order valence-electron chi connectivity index (χ3n) is 8.34. The van der Waals surface area contributed by atoms with Crippen molar-refractivity contribution in [1.82, 2.24) is 10.2 Å². The molecule has 3 N–H and O–H groups in total. The van der Waals surface area contributed by atoms with E-state index in [1.165, 1.54) is 0 Å². The highest BCUT2D eigenvalue weighted by Crippen LogP contribution is 2.71. The van der Waals surface area contributed by atoms with Crippen molar-refractivity contribution in [2.75, 3.05) is 18.5 Å². The Morgan fingerprint density at radius 3 is 2.43 bits per heavy atom. The summed E-state index contributed by atoms with van der Waals surface area (Å²) in [7, 11) is 0. The van der Waals surface area contributed by atoms with Crippen molar-refractivity contribution in [2.45, 2.75) is 82.4 Å². The topological polar surface area (TPSA) is 98.7 Å². The molecule has 0 saturated carbocycles. The van der Waals surface area contributed by atoms with Crippen LogP contribution in [0.25, 0.3) is 0 Å². The molecule has 3 heterocycles. The van der Waals surface area contributed by atoms with Gasteiger partial charge in [-0.15, -0.1) is 11.8 Å². The van der Waals surface area contributed by atoms with Crippen LogP contribution in [-0.4, -0.2) is 62.5 Å². The van der Waals surface area contributed by atoms with E-state index in [1.54, 1.807) is 16.7 Å². The number of thioether (sulfide) groups is 1. The molecule has 8 heteroatoms. The molecule has 6 atom stereocenters. The van der Waals surface area contributed by atoms with Gasteiger partial charge in [-0.25, -0.2) is 0 Å². The number of likely N-dealkylation sites (tertiary alicyclic amines) is 1. The van der Waals surface area contributed by atoms with Gasteiger partial charge < -0.3 is 20.6 Å². The second-order valence-corrected chi connectivity index (χ2v) is 12.9. The highest BCUT2D eigenvalue weighted by Gasteiger charge is 2.77. The Labute approximate surface area is 212 Å². The summed E-state index contributed by atoms with van der Waals surface area (Å²) in [6.07, 6.45) is 2.29. The predicted molar refractivity (Wildman–Crippen MR) is 139 cm³/mol. The fraction of sp³-hybridized carbons (Fsp3) is 0.667. The van der Waals surface area contributed by atoms with Crippen LogP contribution < -0.4 is 10.6 Å². The average molecular weight is 502 g/mol. The Morgan fingerprint density at radius 2 is 1.86 bits per heavy atom. The zero-order valence-corrected chi connectivity index (χ0v) is 22.5. The first-order chi connectivity index (χ1) is 16.5. The first kappa shape index (κ1) is 26.0. The quantitative estimate of drug-likeness (QED) is 0.508. The van der Waals surface area contributed by atoms with Gasteiger partial charge in [0, 0.05) is 17.0 Å². The number of nitrogens with one attached hydrogen (secondary N) is 2. The summed E-state index contributed by atoms with van der Waals surface area (Å²) in [5.41, 5.74) is 2.67. The summed E-state index contributed by atoms with van der Waals surface area (Å²) in [6, 6.07) is 4.61. The maximum absolute atomic E-state index is 14.1. The lowest BCUT2D eigenvalue weighted by Crippen LogP contribution is -2.56. The third-order valence-corrected chi connectivity index (χ3v) is 10.3. The summed E-state index contributed by atoms with van der Waals surface area (Å²) in [4.78, 5) is 43.3. The predicted octanol–water partition coefficient (Wildman–Crippen LogP) is 3.27. The number of carbonyl (C=O) groups excluding carboxylic acids is 3. The van der Waals surface area contributed by atoms with Gasteiger partial charge in [-0.05, 0) is 57.1 Å². The number of aryl methyl sites for hydroxylation is 2. The number of fused-ring (bicyclic) bond motifs is 1. The third kappa shape index (κ3) is 3.97. The van der Waals surface area contributed by atoms with Crippen molar-refractivity contribution in [1.29, 1.82) is 0 Å². The maximum atomic E-state index is 14.1. The normalized spacial score (nSPS) is 32.2. The van der Waals surface area contributed by atoms with Gasteiger partial charge in [0.25, 0.3) is 0 Å².